The first-order valence-corrected chi connectivity index (χ1v) is 7.87. The van der Waals surface area contributed by atoms with E-state index in [9.17, 15) is 4.79 Å². The van der Waals surface area contributed by atoms with Crippen LogP contribution in [0.3, 0.4) is 0 Å². The molecule has 1 heterocycles. The van der Waals surface area contributed by atoms with E-state index in [-0.39, 0.29) is 17.4 Å². The van der Waals surface area contributed by atoms with E-state index in [1.54, 1.807) is 0 Å². The molecule has 3 rings (SSSR count). The molecular weight excluding hydrogens is 268 g/mol. The van der Waals surface area contributed by atoms with Crippen molar-refractivity contribution in [3.63, 3.8) is 0 Å². The number of benzene rings is 1. The summed E-state index contributed by atoms with van der Waals surface area (Å²) in [6.07, 6.45) is 3.46. The molecule has 106 valence electrons. The Kier molecular flexibility index (Phi) is 3.21. The minimum Gasteiger partial charge on any atom is -0.399 e. The number of thiophene rings is 1. The first-order valence-electron chi connectivity index (χ1n) is 7.06. The van der Waals surface area contributed by atoms with Crippen LogP contribution in [0.4, 0.5) is 5.69 Å². The third kappa shape index (κ3) is 2.40. The minimum absolute atomic E-state index is 0.0461. The zero-order chi connectivity index (χ0) is 14.3. The van der Waals surface area contributed by atoms with E-state index in [2.05, 4.69) is 19.2 Å². The van der Waals surface area contributed by atoms with Gasteiger partial charge in [0.2, 0.25) is 0 Å². The number of rotatable bonds is 2. The van der Waals surface area contributed by atoms with Crippen molar-refractivity contribution in [2.45, 2.75) is 39.2 Å². The number of nitrogens with one attached hydrogen (secondary N) is 1. The van der Waals surface area contributed by atoms with E-state index in [0.717, 1.165) is 27.1 Å². The van der Waals surface area contributed by atoms with Crippen LogP contribution in [0.1, 0.15) is 42.8 Å². The first kappa shape index (κ1) is 13.4. The fourth-order valence-electron chi connectivity index (χ4n) is 3.00. The van der Waals surface area contributed by atoms with E-state index in [1.807, 2.05) is 24.3 Å². The van der Waals surface area contributed by atoms with Crippen molar-refractivity contribution in [2.24, 2.45) is 5.41 Å². The zero-order valence-electron chi connectivity index (χ0n) is 11.9. The Balaban J connectivity index is 1.82. The van der Waals surface area contributed by atoms with Gasteiger partial charge in [-0.15, -0.1) is 11.3 Å². The predicted octanol–water partition coefficient (Wildman–Crippen LogP) is 3.79. The van der Waals surface area contributed by atoms with Crippen LogP contribution in [0.2, 0.25) is 0 Å². The molecule has 0 saturated heterocycles. The average molecular weight is 288 g/mol. The Morgan fingerprint density at radius 1 is 1.40 bits per heavy atom. The molecule has 3 nitrogen and oxygen atoms in total. The summed E-state index contributed by atoms with van der Waals surface area (Å²) in [6, 6.07) is 7.99. The molecule has 0 bridgehead atoms. The average Bonchev–Trinajstić information content (AvgIpc) is 2.93. The van der Waals surface area contributed by atoms with E-state index < -0.39 is 0 Å². The fraction of sp³-hybridized carbons (Fsp3) is 0.438. The van der Waals surface area contributed by atoms with E-state index in [0.29, 0.717) is 0 Å². The van der Waals surface area contributed by atoms with Crippen molar-refractivity contribution in [3.05, 3.63) is 29.1 Å². The molecule has 1 aromatic carbocycles. The Morgan fingerprint density at radius 2 is 2.20 bits per heavy atom. The number of hydrogen-bond donors (Lipinski definition) is 2. The van der Waals surface area contributed by atoms with Gasteiger partial charge in [-0.1, -0.05) is 20.3 Å². The maximum atomic E-state index is 12.4. The lowest BCUT2D eigenvalue weighted by Crippen LogP contribution is -2.41. The van der Waals surface area contributed by atoms with Gasteiger partial charge < -0.3 is 11.1 Å². The van der Waals surface area contributed by atoms with Crippen LogP contribution >= 0.6 is 11.3 Å². The first-order chi connectivity index (χ1) is 9.45. The summed E-state index contributed by atoms with van der Waals surface area (Å²) in [5, 5.41) is 4.25. The molecule has 1 atom stereocenters. The molecule has 3 N–H and O–H groups in total. The van der Waals surface area contributed by atoms with Gasteiger partial charge in [0.05, 0.1) is 4.88 Å². The van der Waals surface area contributed by atoms with Crippen LogP contribution in [-0.2, 0) is 0 Å². The fourth-order valence-corrected chi connectivity index (χ4v) is 3.94. The van der Waals surface area contributed by atoms with E-state index in [1.165, 1.54) is 24.2 Å². The van der Waals surface area contributed by atoms with Gasteiger partial charge in [-0.2, -0.15) is 0 Å². The van der Waals surface area contributed by atoms with Crippen LogP contribution in [0.5, 0.6) is 0 Å². The molecule has 1 aliphatic carbocycles. The molecule has 1 amide bonds. The highest BCUT2D eigenvalue weighted by atomic mass is 32.1. The Hall–Kier alpha value is -1.55. The van der Waals surface area contributed by atoms with Crippen LogP contribution < -0.4 is 11.1 Å². The highest BCUT2D eigenvalue weighted by Crippen LogP contribution is 2.37. The second-order valence-corrected chi connectivity index (χ2v) is 7.40. The van der Waals surface area contributed by atoms with Crippen molar-refractivity contribution < 1.29 is 4.79 Å². The normalized spacial score (nSPS) is 21.2. The van der Waals surface area contributed by atoms with Crippen molar-refractivity contribution in [2.75, 3.05) is 5.73 Å². The molecule has 1 unspecified atom stereocenters. The molecule has 20 heavy (non-hydrogen) atoms. The summed E-state index contributed by atoms with van der Waals surface area (Å²) >= 11 is 1.53. The Labute approximate surface area is 123 Å². The number of fused-ring (bicyclic) bond motifs is 1. The third-order valence-electron chi connectivity index (χ3n) is 4.33. The van der Waals surface area contributed by atoms with Gasteiger partial charge in [-0.25, -0.2) is 0 Å². The predicted molar refractivity (Wildman–Crippen MR) is 85.1 cm³/mol. The summed E-state index contributed by atoms with van der Waals surface area (Å²) < 4.78 is 1.11. The molecule has 0 spiro atoms. The van der Waals surface area contributed by atoms with Gasteiger partial charge in [0.1, 0.15) is 0 Å². The van der Waals surface area contributed by atoms with Gasteiger partial charge in [0, 0.05) is 16.4 Å². The second kappa shape index (κ2) is 4.77. The maximum Gasteiger partial charge on any atom is 0.261 e. The molecule has 4 heteroatoms. The molecule has 1 aromatic heterocycles. The van der Waals surface area contributed by atoms with Crippen molar-refractivity contribution in [1.29, 1.82) is 0 Å². The van der Waals surface area contributed by atoms with Crippen LogP contribution in [0.15, 0.2) is 24.3 Å². The number of amides is 1. The van der Waals surface area contributed by atoms with Crippen LogP contribution in [-0.4, -0.2) is 11.9 Å². The quantitative estimate of drug-likeness (QED) is 0.826. The van der Waals surface area contributed by atoms with Gasteiger partial charge in [0.25, 0.3) is 5.91 Å². The molecule has 0 radical (unpaired) electrons. The smallest absolute Gasteiger partial charge is 0.261 e. The lowest BCUT2D eigenvalue weighted by Gasteiger charge is -2.27. The number of carbonyl (C=O) groups excluding carboxylic acids is 1. The van der Waals surface area contributed by atoms with Gasteiger partial charge in [-0.3, -0.25) is 4.79 Å². The molecule has 2 aromatic rings. The zero-order valence-corrected chi connectivity index (χ0v) is 12.7. The van der Waals surface area contributed by atoms with Gasteiger partial charge in [0.15, 0.2) is 0 Å². The molecular formula is C16H20N2OS. The van der Waals surface area contributed by atoms with Gasteiger partial charge in [-0.05, 0) is 47.9 Å². The molecule has 1 fully saturated rings. The number of nitrogen functional groups attached to an aromatic ring is 1. The Morgan fingerprint density at radius 3 is 2.90 bits per heavy atom. The van der Waals surface area contributed by atoms with Crippen molar-refractivity contribution in [3.8, 4) is 0 Å². The minimum atomic E-state index is 0.0461. The van der Waals surface area contributed by atoms with Crippen molar-refractivity contribution in [1.82, 2.24) is 5.32 Å². The summed E-state index contributed by atoms with van der Waals surface area (Å²) in [7, 11) is 0. The van der Waals surface area contributed by atoms with Crippen LogP contribution in [0, 0.1) is 5.41 Å². The van der Waals surface area contributed by atoms with Crippen molar-refractivity contribution >= 4 is 33.0 Å². The monoisotopic (exact) mass is 288 g/mol. The third-order valence-corrected chi connectivity index (χ3v) is 5.44. The van der Waals surface area contributed by atoms with Crippen LogP contribution in [0.25, 0.3) is 10.1 Å². The molecule has 1 aliphatic rings. The summed E-state index contributed by atoms with van der Waals surface area (Å²) in [5.41, 5.74) is 6.72. The SMILES string of the molecule is CC1(C)CCCC1NC(=O)c1cc2cc(N)ccc2s1. The maximum absolute atomic E-state index is 12.4. The Bertz CT molecular complexity index is 660. The lowest BCUT2D eigenvalue weighted by atomic mass is 9.87. The number of nitrogens with two attached hydrogens (primary N) is 1. The van der Waals surface area contributed by atoms with E-state index >= 15 is 0 Å². The molecule has 0 aliphatic heterocycles. The summed E-state index contributed by atoms with van der Waals surface area (Å²) in [5.74, 6) is 0.0461. The number of hydrogen-bond acceptors (Lipinski definition) is 3. The lowest BCUT2D eigenvalue weighted by molar-refractivity contribution is 0.0914. The standard InChI is InChI=1S/C16H20N2OS/c1-16(2)7-3-4-14(16)18-15(19)13-9-10-8-11(17)5-6-12(10)20-13/h5-6,8-9,14H,3-4,7,17H2,1-2H3,(H,18,19). The summed E-state index contributed by atoms with van der Waals surface area (Å²) in [4.78, 5) is 13.2. The van der Waals surface area contributed by atoms with E-state index in [4.69, 9.17) is 5.73 Å². The van der Waals surface area contributed by atoms with Gasteiger partial charge >= 0.3 is 0 Å². The number of anilines is 1. The topological polar surface area (TPSA) is 55.1 Å². The number of carbonyl (C=O) groups is 1. The second-order valence-electron chi connectivity index (χ2n) is 6.31. The summed E-state index contributed by atoms with van der Waals surface area (Å²) in [6.45, 7) is 4.47. The largest absolute Gasteiger partial charge is 0.399 e. The highest BCUT2D eigenvalue weighted by Gasteiger charge is 2.35. The molecule has 1 saturated carbocycles. The highest BCUT2D eigenvalue weighted by molar-refractivity contribution is 7.20.